The van der Waals surface area contributed by atoms with Crippen molar-refractivity contribution in [3.8, 4) is 34.5 Å². The third-order valence-electron chi connectivity index (χ3n) is 20.6. The fourth-order valence-electron chi connectivity index (χ4n) is 11.5. The van der Waals surface area contributed by atoms with E-state index in [4.69, 9.17) is 99.5 Å². The van der Waals surface area contributed by atoms with Gasteiger partial charge in [0.1, 0.15) is 54.3 Å². The Morgan fingerprint density at radius 2 is 0.388 bits per heavy atom. The summed E-state index contributed by atoms with van der Waals surface area (Å²) in [6.07, 6.45) is 11.4. The lowest BCUT2D eigenvalue weighted by atomic mass is 9.99. The van der Waals surface area contributed by atoms with Crippen LogP contribution in [-0.4, -0.2) is 217 Å². The van der Waals surface area contributed by atoms with Gasteiger partial charge in [0.05, 0.1) is 79.3 Å². The molecule has 6 aromatic rings. The number of carbonyl (C=O) groups is 3. The van der Waals surface area contributed by atoms with Crippen LogP contribution >= 0.6 is 0 Å². The number of benzene rings is 6. The second-order valence-electron chi connectivity index (χ2n) is 31.3. The zero-order valence-electron chi connectivity index (χ0n) is 82.8. The Balaban J connectivity index is 0.000000778. The van der Waals surface area contributed by atoms with Crippen LogP contribution in [0.15, 0.2) is 146 Å². The Bertz CT molecular complexity index is 3530. The highest BCUT2D eigenvalue weighted by molar-refractivity contribution is 5.66. The minimum atomic E-state index is -0.375. The molecular formula is C105H168O24. The first-order valence-corrected chi connectivity index (χ1v) is 47.1. The smallest absolute Gasteiger partial charge is 0.302 e. The molecule has 0 saturated heterocycles. The Hall–Kier alpha value is -7.95. The van der Waals surface area contributed by atoms with E-state index >= 15 is 0 Å². The van der Waals surface area contributed by atoms with Crippen molar-refractivity contribution in [2.75, 3.05) is 180 Å². The maximum atomic E-state index is 10.6. The Labute approximate surface area is 777 Å². The van der Waals surface area contributed by atoms with Gasteiger partial charge in [0, 0.05) is 121 Å². The number of esters is 3. The average molecular weight is 1810 g/mol. The summed E-state index contributed by atoms with van der Waals surface area (Å²) in [7, 11) is 5.13. The molecule has 0 saturated carbocycles. The zero-order chi connectivity index (χ0) is 95.1. The van der Waals surface area contributed by atoms with Gasteiger partial charge < -0.3 is 99.5 Å². The van der Waals surface area contributed by atoms with Crippen molar-refractivity contribution >= 4 is 17.9 Å². The summed E-state index contributed by atoms with van der Waals surface area (Å²) in [6, 6.07) is 49.6. The van der Waals surface area contributed by atoms with Crippen molar-refractivity contribution in [3.63, 3.8) is 0 Å². The number of ether oxygens (including phenoxy) is 21. The lowest BCUT2D eigenvalue weighted by Gasteiger charge is -2.16. The van der Waals surface area contributed by atoms with E-state index in [1.165, 1.54) is 67.0 Å². The lowest BCUT2D eigenvalue weighted by molar-refractivity contribution is -0.146. The molecule has 9 atom stereocenters. The SMILES string of the molecule is CCC(C)c1ccc(OC(C)OCCOC(C)=O)cc1.CCC(C)c1ccc(OC(C)OCCOCCOC(C)=O)cc1.CCC(C)c1ccc(OC(C)OCCOCCOCCOC(C)=O)cc1.CCC(C)c1ccc(OCCCOC)cc1.CCC(C)c1ccc(OCCCOCCCOC)cc1.CCC(C)c1ccc(OCCCOCCCOCCCOC)cc1. The molecule has 24 heteroatoms. The number of rotatable bonds is 66. The fourth-order valence-corrected chi connectivity index (χ4v) is 11.5. The van der Waals surface area contributed by atoms with Gasteiger partial charge in [-0.3, -0.25) is 14.4 Å². The third-order valence-corrected chi connectivity index (χ3v) is 20.6. The Kier molecular flexibility index (Phi) is 74.6. The highest BCUT2D eigenvalue weighted by atomic mass is 16.7. The normalized spacial score (nSPS) is 12.9. The highest BCUT2D eigenvalue weighted by Crippen LogP contribution is 2.28. The monoisotopic (exact) mass is 1810 g/mol. The van der Waals surface area contributed by atoms with Gasteiger partial charge in [-0.2, -0.15) is 0 Å². The predicted molar refractivity (Wildman–Crippen MR) is 514 cm³/mol. The van der Waals surface area contributed by atoms with E-state index < -0.39 is 0 Å². The number of hydrogen-bond acceptors (Lipinski definition) is 24. The zero-order valence-corrected chi connectivity index (χ0v) is 82.8. The van der Waals surface area contributed by atoms with E-state index in [0.717, 1.165) is 165 Å². The van der Waals surface area contributed by atoms with Crippen LogP contribution in [0.2, 0.25) is 0 Å². The van der Waals surface area contributed by atoms with E-state index in [9.17, 15) is 14.4 Å². The molecule has 6 rings (SSSR count). The largest absolute Gasteiger partial charge is 0.494 e. The molecular weight excluding hydrogens is 1650 g/mol. The molecule has 0 amide bonds. The summed E-state index contributed by atoms with van der Waals surface area (Å²) in [5.74, 6) is 7.81. The summed E-state index contributed by atoms with van der Waals surface area (Å²) in [5, 5.41) is 0. The summed E-state index contributed by atoms with van der Waals surface area (Å²) in [6.45, 7) is 49.6. The van der Waals surface area contributed by atoms with Crippen LogP contribution in [0.5, 0.6) is 34.5 Å². The quantitative estimate of drug-likeness (QED) is 0.0149. The molecule has 0 N–H and O–H groups in total. The number of carbonyl (C=O) groups excluding carboxylic acids is 3. The Morgan fingerprint density at radius 3 is 0.605 bits per heavy atom. The van der Waals surface area contributed by atoms with Crippen molar-refractivity contribution < 1.29 is 114 Å². The first kappa shape index (κ1) is 119. The molecule has 0 spiro atoms. The Morgan fingerprint density at radius 1 is 0.217 bits per heavy atom. The molecule has 0 fully saturated rings. The molecule has 0 heterocycles. The maximum Gasteiger partial charge on any atom is 0.302 e. The van der Waals surface area contributed by atoms with Gasteiger partial charge in [0.2, 0.25) is 0 Å². The van der Waals surface area contributed by atoms with Crippen LogP contribution in [0.1, 0.15) is 271 Å². The minimum Gasteiger partial charge on any atom is -0.494 e. The molecule has 24 nitrogen and oxygen atoms in total. The second kappa shape index (κ2) is 80.9. The van der Waals surface area contributed by atoms with Crippen molar-refractivity contribution in [1.29, 1.82) is 0 Å². The molecule has 0 aliphatic carbocycles. The van der Waals surface area contributed by atoms with E-state index in [0.29, 0.717) is 108 Å². The van der Waals surface area contributed by atoms with Gasteiger partial charge in [-0.25, -0.2) is 0 Å². The van der Waals surface area contributed by atoms with Gasteiger partial charge in [0.15, 0.2) is 18.9 Å². The molecule has 9 unspecified atom stereocenters. The van der Waals surface area contributed by atoms with Gasteiger partial charge in [0.25, 0.3) is 0 Å². The van der Waals surface area contributed by atoms with Crippen LogP contribution in [-0.2, 0) is 85.4 Å². The van der Waals surface area contributed by atoms with Crippen LogP contribution in [0.25, 0.3) is 0 Å². The van der Waals surface area contributed by atoms with Crippen LogP contribution in [0.4, 0.5) is 0 Å². The van der Waals surface area contributed by atoms with Crippen LogP contribution in [0.3, 0.4) is 0 Å². The fraction of sp³-hybridized carbons (Fsp3) is 0.629. The maximum absolute atomic E-state index is 10.6. The van der Waals surface area contributed by atoms with Crippen LogP contribution < -0.4 is 28.4 Å². The predicted octanol–water partition coefficient (Wildman–Crippen LogP) is 22.6. The first-order valence-electron chi connectivity index (χ1n) is 47.1. The molecule has 0 aliphatic heterocycles. The van der Waals surface area contributed by atoms with E-state index in [2.05, 4.69) is 180 Å². The van der Waals surface area contributed by atoms with Gasteiger partial charge in [-0.05, 0) is 220 Å². The van der Waals surface area contributed by atoms with E-state index in [-0.39, 0.29) is 56.6 Å². The molecule has 0 aromatic heterocycles. The molecule has 0 radical (unpaired) electrons. The topological polar surface area (TPSA) is 245 Å². The molecule has 6 aromatic carbocycles. The number of hydrogen-bond donors (Lipinski definition) is 0. The second-order valence-corrected chi connectivity index (χ2v) is 31.3. The van der Waals surface area contributed by atoms with E-state index in [1.54, 1.807) is 21.3 Å². The summed E-state index contributed by atoms with van der Waals surface area (Å²) in [5.41, 5.74) is 8.07. The minimum absolute atomic E-state index is 0.246. The third kappa shape index (κ3) is 65.3. The van der Waals surface area contributed by atoms with Crippen molar-refractivity contribution in [2.45, 2.75) is 256 Å². The summed E-state index contributed by atoms with van der Waals surface area (Å²) in [4.78, 5) is 31.7. The lowest BCUT2D eigenvalue weighted by Crippen LogP contribution is -2.20. The van der Waals surface area contributed by atoms with Crippen LogP contribution in [0, 0.1) is 0 Å². The van der Waals surface area contributed by atoms with Crippen molar-refractivity contribution in [2.24, 2.45) is 0 Å². The molecule has 732 valence electrons. The first-order chi connectivity index (χ1) is 62.4. The van der Waals surface area contributed by atoms with Gasteiger partial charge in [-0.1, -0.05) is 156 Å². The molecule has 0 aliphatic rings. The average Bonchev–Trinajstić information content (AvgIpc) is 0.899. The van der Waals surface area contributed by atoms with Crippen molar-refractivity contribution in [3.05, 3.63) is 179 Å². The molecule has 0 bridgehead atoms. The summed E-state index contributed by atoms with van der Waals surface area (Å²) >= 11 is 0. The van der Waals surface area contributed by atoms with Gasteiger partial charge >= 0.3 is 17.9 Å². The summed E-state index contributed by atoms with van der Waals surface area (Å²) < 4.78 is 112. The highest BCUT2D eigenvalue weighted by Gasteiger charge is 2.13. The van der Waals surface area contributed by atoms with Gasteiger partial charge in [-0.15, -0.1) is 0 Å². The standard InChI is InChI=1S/C20H32O6.C20H34O4.C18H28O5.C17H28O3.C16H24O4.C14H22O2/c1-5-16(2)19-6-8-20(9-7-19)26-18(4)25-15-13-23-11-10-22-12-14-24-17(3)21;1-4-18(2)19-8-10-20(11-9-19)24-17-7-16-23-15-6-14-22-13-5-12-21-3;1-5-14(2)17-6-8-18(9-7-17)23-16(4)22-13-11-20-10-12-21-15(3)19;1-4-15(2)16-7-9-17(10-8-16)20-14-6-13-19-12-5-11-18-3;1-5-12(2)15-6-8-16(9-7-15)20-14(4)19-11-10-18-13(3)17;1-4-12(2)13-6-8-14(9-7-13)16-11-5-10-15-3/h6-9,16,18H,5,10-15H2,1-4H3;8-11,18H,4-7,12-17H2,1-3H3;6-9,14,16H,5,10-13H2,1-4H3;7-10,15H,4-6,11-14H2,1-3H3;6-9,12,14H,5,10-11H2,1-4H3;6-9,12H,4-5,10-11H2,1-3H3. The van der Waals surface area contributed by atoms with Crippen molar-refractivity contribution in [1.82, 2.24) is 0 Å². The number of methoxy groups -OCH3 is 3. The molecule has 129 heavy (non-hydrogen) atoms. The van der Waals surface area contributed by atoms with E-state index in [1.807, 2.05) is 69.3 Å².